The number of hydrogen-bond donors (Lipinski definition) is 1. The molecule has 0 fully saturated rings. The number of aromatic nitrogens is 1. The monoisotopic (exact) mass is 330 g/mol. The first-order chi connectivity index (χ1) is 9.47. The molecule has 4 nitrogen and oxygen atoms in total. The lowest BCUT2D eigenvalue weighted by Crippen LogP contribution is -2.31. The molecule has 0 aliphatic rings. The van der Waals surface area contributed by atoms with Gasteiger partial charge >= 0.3 is 0 Å². The molecule has 0 aliphatic heterocycles. The lowest BCUT2D eigenvalue weighted by atomic mass is 10.1. The number of carbonyl (C=O) groups excluding carboxylic acids is 1. The third kappa shape index (κ3) is 3.70. The summed E-state index contributed by atoms with van der Waals surface area (Å²) in [6.07, 6.45) is 0.377. The molecule has 20 heavy (non-hydrogen) atoms. The molecule has 1 heterocycles. The minimum atomic E-state index is -1.30. The van der Waals surface area contributed by atoms with Crippen molar-refractivity contribution in [3.05, 3.63) is 50.4 Å². The first-order valence-corrected chi connectivity index (χ1v) is 7.38. The number of rotatable bonds is 4. The molecule has 2 rings (SSSR count). The molecule has 0 aliphatic carbocycles. The SMILES string of the molecule is CN(Cc1nccs1)C(=O)C(O)c1cc(Cl)cc(Cl)c1. The first kappa shape index (κ1) is 15.3. The second kappa shape index (κ2) is 6.54. The number of aliphatic hydroxyl groups excluding tert-OH is 1. The van der Waals surface area contributed by atoms with Crippen LogP contribution in [0.25, 0.3) is 0 Å². The van der Waals surface area contributed by atoms with Crippen LogP contribution in [0.4, 0.5) is 0 Å². The molecule has 2 aromatic rings. The molecular formula is C13H12Cl2N2O2S. The summed E-state index contributed by atoms with van der Waals surface area (Å²) in [4.78, 5) is 17.7. The summed E-state index contributed by atoms with van der Waals surface area (Å²) in [6, 6.07) is 4.59. The van der Waals surface area contributed by atoms with E-state index in [0.29, 0.717) is 22.2 Å². The Bertz CT molecular complexity index is 584. The van der Waals surface area contributed by atoms with Gasteiger partial charge in [-0.25, -0.2) is 4.98 Å². The summed E-state index contributed by atoms with van der Waals surface area (Å²) in [5, 5.41) is 13.5. The van der Waals surface area contributed by atoms with Gasteiger partial charge in [-0.3, -0.25) is 4.79 Å². The van der Waals surface area contributed by atoms with Crippen LogP contribution in [0, 0.1) is 0 Å². The normalized spacial score (nSPS) is 12.2. The van der Waals surface area contributed by atoms with Crippen molar-refractivity contribution < 1.29 is 9.90 Å². The molecule has 1 amide bonds. The number of thiazole rings is 1. The third-order valence-corrected chi connectivity index (χ3v) is 3.87. The summed E-state index contributed by atoms with van der Waals surface area (Å²) in [6.45, 7) is 0.349. The second-order valence-electron chi connectivity index (χ2n) is 4.23. The van der Waals surface area contributed by atoms with E-state index in [9.17, 15) is 9.90 Å². The molecule has 0 spiro atoms. The summed E-state index contributed by atoms with van der Waals surface area (Å²) < 4.78 is 0. The predicted molar refractivity (Wildman–Crippen MR) is 80.0 cm³/mol. The molecule has 1 unspecified atom stereocenters. The molecule has 0 saturated carbocycles. The van der Waals surface area contributed by atoms with Crippen LogP contribution in [0.5, 0.6) is 0 Å². The fourth-order valence-corrected chi connectivity index (χ4v) is 2.91. The smallest absolute Gasteiger partial charge is 0.256 e. The number of nitrogens with zero attached hydrogens (tertiary/aromatic N) is 2. The number of hydrogen-bond acceptors (Lipinski definition) is 4. The molecule has 0 bridgehead atoms. The van der Waals surface area contributed by atoms with Gasteiger partial charge in [-0.1, -0.05) is 23.2 Å². The average Bonchev–Trinajstić information content (AvgIpc) is 2.88. The van der Waals surface area contributed by atoms with Gasteiger partial charge in [-0.2, -0.15) is 0 Å². The lowest BCUT2D eigenvalue weighted by Gasteiger charge is -2.20. The number of amides is 1. The van der Waals surface area contributed by atoms with E-state index in [4.69, 9.17) is 23.2 Å². The fourth-order valence-electron chi connectivity index (χ4n) is 1.70. The Morgan fingerprint density at radius 1 is 1.40 bits per heavy atom. The first-order valence-electron chi connectivity index (χ1n) is 5.75. The highest BCUT2D eigenvalue weighted by Gasteiger charge is 2.22. The highest BCUT2D eigenvalue weighted by Crippen LogP contribution is 2.25. The number of halogens is 2. The quantitative estimate of drug-likeness (QED) is 0.936. The maximum absolute atomic E-state index is 12.2. The van der Waals surface area contributed by atoms with Gasteiger partial charge in [0.1, 0.15) is 5.01 Å². The highest BCUT2D eigenvalue weighted by molar-refractivity contribution is 7.09. The van der Waals surface area contributed by atoms with E-state index in [1.807, 2.05) is 5.38 Å². The summed E-state index contributed by atoms with van der Waals surface area (Å²) in [5.74, 6) is -0.432. The van der Waals surface area contributed by atoms with E-state index in [1.165, 1.54) is 28.4 Å². The topological polar surface area (TPSA) is 53.4 Å². The molecule has 0 saturated heterocycles. The van der Waals surface area contributed by atoms with Gasteiger partial charge < -0.3 is 10.0 Å². The van der Waals surface area contributed by atoms with E-state index in [-0.39, 0.29) is 0 Å². The Morgan fingerprint density at radius 3 is 2.60 bits per heavy atom. The molecule has 106 valence electrons. The molecule has 7 heteroatoms. The Kier molecular flexibility index (Phi) is 4.99. The lowest BCUT2D eigenvalue weighted by molar-refractivity contribution is -0.139. The number of benzene rings is 1. The van der Waals surface area contributed by atoms with Crippen LogP contribution < -0.4 is 0 Å². The van der Waals surface area contributed by atoms with E-state index in [1.54, 1.807) is 19.3 Å². The zero-order chi connectivity index (χ0) is 14.7. The van der Waals surface area contributed by atoms with Gasteiger partial charge in [0, 0.05) is 28.7 Å². The Morgan fingerprint density at radius 2 is 2.05 bits per heavy atom. The van der Waals surface area contributed by atoms with Crippen molar-refractivity contribution in [3.8, 4) is 0 Å². The molecule has 1 aromatic carbocycles. The van der Waals surface area contributed by atoms with Gasteiger partial charge in [0.05, 0.1) is 6.54 Å². The average molecular weight is 331 g/mol. The molecular weight excluding hydrogens is 319 g/mol. The molecule has 1 atom stereocenters. The van der Waals surface area contributed by atoms with Crippen molar-refractivity contribution in [2.75, 3.05) is 7.05 Å². The van der Waals surface area contributed by atoms with Crippen molar-refractivity contribution in [1.82, 2.24) is 9.88 Å². The molecule has 1 aromatic heterocycles. The van der Waals surface area contributed by atoms with Gasteiger partial charge in [0.25, 0.3) is 5.91 Å². The van der Waals surface area contributed by atoms with Crippen LogP contribution in [0.15, 0.2) is 29.8 Å². The van der Waals surface area contributed by atoms with Crippen molar-refractivity contribution in [2.45, 2.75) is 12.6 Å². The minimum Gasteiger partial charge on any atom is -0.378 e. The Balaban J connectivity index is 2.11. The van der Waals surface area contributed by atoms with Crippen LogP contribution in [0.3, 0.4) is 0 Å². The second-order valence-corrected chi connectivity index (χ2v) is 6.08. The largest absolute Gasteiger partial charge is 0.378 e. The summed E-state index contributed by atoms with van der Waals surface area (Å²) in [5.41, 5.74) is 0.374. The van der Waals surface area contributed by atoms with Crippen molar-refractivity contribution >= 4 is 40.4 Å². The van der Waals surface area contributed by atoms with Crippen LogP contribution in [-0.4, -0.2) is 27.9 Å². The number of aliphatic hydroxyl groups is 1. The summed E-state index contributed by atoms with van der Waals surface area (Å²) in [7, 11) is 1.61. The van der Waals surface area contributed by atoms with Gasteiger partial charge in [0.15, 0.2) is 6.10 Å². The molecule has 1 N–H and O–H groups in total. The van der Waals surface area contributed by atoms with Crippen molar-refractivity contribution in [1.29, 1.82) is 0 Å². The van der Waals surface area contributed by atoms with Gasteiger partial charge in [-0.15, -0.1) is 11.3 Å². The van der Waals surface area contributed by atoms with E-state index in [0.717, 1.165) is 5.01 Å². The molecule has 0 radical (unpaired) electrons. The minimum absolute atomic E-state index is 0.349. The number of likely N-dealkylation sites (N-methyl/N-ethyl adjacent to an activating group) is 1. The van der Waals surface area contributed by atoms with E-state index < -0.39 is 12.0 Å². The maximum atomic E-state index is 12.2. The standard InChI is InChI=1S/C13H12Cl2N2O2S/c1-17(7-11-16-2-3-20-11)13(19)12(18)8-4-9(14)6-10(15)5-8/h2-6,12,18H,7H2,1H3. The zero-order valence-corrected chi connectivity index (χ0v) is 12.9. The van der Waals surface area contributed by atoms with Crippen molar-refractivity contribution in [2.24, 2.45) is 0 Å². The van der Waals surface area contributed by atoms with Crippen LogP contribution in [-0.2, 0) is 11.3 Å². The van der Waals surface area contributed by atoms with Crippen molar-refractivity contribution in [3.63, 3.8) is 0 Å². The number of carbonyl (C=O) groups is 1. The van der Waals surface area contributed by atoms with Crippen LogP contribution in [0.2, 0.25) is 10.0 Å². The van der Waals surface area contributed by atoms with Gasteiger partial charge in [0.2, 0.25) is 0 Å². The Labute approximate surface area is 130 Å². The fraction of sp³-hybridized carbons (Fsp3) is 0.231. The van der Waals surface area contributed by atoms with Crippen LogP contribution >= 0.6 is 34.5 Å². The third-order valence-electron chi connectivity index (χ3n) is 2.67. The van der Waals surface area contributed by atoms with Crippen LogP contribution in [0.1, 0.15) is 16.7 Å². The maximum Gasteiger partial charge on any atom is 0.256 e. The van der Waals surface area contributed by atoms with E-state index in [2.05, 4.69) is 4.98 Å². The van der Waals surface area contributed by atoms with Gasteiger partial charge in [-0.05, 0) is 23.8 Å². The summed E-state index contributed by atoms with van der Waals surface area (Å²) >= 11 is 13.2. The highest BCUT2D eigenvalue weighted by atomic mass is 35.5. The Hall–Kier alpha value is -1.14. The zero-order valence-electron chi connectivity index (χ0n) is 10.6. The van der Waals surface area contributed by atoms with E-state index >= 15 is 0 Å². The predicted octanol–water partition coefficient (Wildman–Crippen LogP) is 3.14.